The second kappa shape index (κ2) is 5.81. The average Bonchev–Trinajstić information content (AvgIpc) is 2.92. The van der Waals surface area contributed by atoms with Gasteiger partial charge in [0.1, 0.15) is 0 Å². The molecule has 3 aromatic rings. The number of rotatable bonds is 3. The highest BCUT2D eigenvalue weighted by Crippen LogP contribution is 2.36. The minimum absolute atomic E-state index is 0.0817. The van der Waals surface area contributed by atoms with E-state index in [9.17, 15) is 9.18 Å². The molecule has 0 spiro atoms. The summed E-state index contributed by atoms with van der Waals surface area (Å²) in [4.78, 5) is 22.7. The van der Waals surface area contributed by atoms with Gasteiger partial charge in [-0.25, -0.2) is 9.97 Å². The first-order valence-corrected chi connectivity index (χ1v) is 8.23. The Morgan fingerprint density at radius 2 is 2.04 bits per heavy atom. The molecule has 6 heteroatoms. The third-order valence-electron chi connectivity index (χ3n) is 4.52. The van der Waals surface area contributed by atoms with Crippen LogP contribution in [0.4, 0.5) is 10.1 Å². The molecule has 25 heavy (non-hydrogen) atoms. The lowest BCUT2D eigenvalue weighted by molar-refractivity contribution is 0.0779. The third-order valence-corrected chi connectivity index (χ3v) is 4.52. The summed E-state index contributed by atoms with van der Waals surface area (Å²) in [6.07, 6.45) is 2.27. The zero-order valence-corrected chi connectivity index (χ0v) is 13.8. The first-order chi connectivity index (χ1) is 12.1. The predicted octanol–water partition coefficient (Wildman–Crippen LogP) is 3.38. The van der Waals surface area contributed by atoms with Crippen molar-refractivity contribution in [3.63, 3.8) is 0 Å². The number of benzene rings is 1. The summed E-state index contributed by atoms with van der Waals surface area (Å²) in [7, 11) is 0. The molecule has 0 unspecified atom stereocenters. The van der Waals surface area contributed by atoms with Crippen LogP contribution >= 0.6 is 0 Å². The van der Waals surface area contributed by atoms with Gasteiger partial charge in [0, 0.05) is 29.3 Å². The number of nitrogen functional groups attached to an aromatic ring is 1. The Labute approximate surface area is 144 Å². The number of amides is 1. The van der Waals surface area contributed by atoms with Crippen LogP contribution in [0, 0.1) is 5.95 Å². The average molecular weight is 336 g/mol. The van der Waals surface area contributed by atoms with Crippen molar-refractivity contribution in [2.45, 2.75) is 19.9 Å². The number of nitrogens with zero attached hydrogens (tertiary/aromatic N) is 3. The molecule has 0 atom stereocenters. The zero-order chi connectivity index (χ0) is 17.6. The lowest BCUT2D eigenvalue weighted by Gasteiger charge is -2.13. The van der Waals surface area contributed by atoms with Crippen molar-refractivity contribution in [3.05, 3.63) is 53.7 Å². The minimum atomic E-state index is -0.556. The van der Waals surface area contributed by atoms with E-state index in [0.29, 0.717) is 52.1 Å². The molecular weight excluding hydrogens is 319 g/mol. The molecule has 126 valence electrons. The van der Waals surface area contributed by atoms with E-state index in [2.05, 4.69) is 9.97 Å². The minimum Gasteiger partial charge on any atom is -0.397 e. The summed E-state index contributed by atoms with van der Waals surface area (Å²) < 4.78 is 14.2. The Bertz CT molecular complexity index is 1000. The Kier molecular flexibility index (Phi) is 3.60. The second-order valence-electron chi connectivity index (χ2n) is 6.12. The molecule has 1 aromatic carbocycles. The molecule has 0 radical (unpaired) electrons. The summed E-state index contributed by atoms with van der Waals surface area (Å²) in [6.45, 7) is 3.12. The second-order valence-corrected chi connectivity index (χ2v) is 6.12. The van der Waals surface area contributed by atoms with Gasteiger partial charge in [0.15, 0.2) is 0 Å². The van der Waals surface area contributed by atoms with Gasteiger partial charge in [0.05, 0.1) is 29.0 Å². The quantitative estimate of drug-likeness (QED) is 0.744. The molecule has 4 rings (SSSR count). The number of pyridine rings is 2. The molecule has 2 N–H and O–H groups in total. The van der Waals surface area contributed by atoms with E-state index in [-0.39, 0.29) is 5.91 Å². The van der Waals surface area contributed by atoms with Crippen LogP contribution in [-0.4, -0.2) is 27.3 Å². The molecule has 1 aliphatic rings. The number of carbonyl (C=O) groups is 1. The maximum atomic E-state index is 14.2. The van der Waals surface area contributed by atoms with Crippen molar-refractivity contribution in [3.8, 4) is 11.1 Å². The Morgan fingerprint density at radius 3 is 2.80 bits per heavy atom. The number of hydrogen-bond donors (Lipinski definition) is 1. The van der Waals surface area contributed by atoms with Crippen LogP contribution in [0.25, 0.3) is 22.0 Å². The summed E-state index contributed by atoms with van der Waals surface area (Å²) in [5, 5.41) is 0.659. The van der Waals surface area contributed by atoms with Gasteiger partial charge in [-0.1, -0.05) is 25.1 Å². The molecule has 2 aromatic heterocycles. The molecule has 0 bridgehead atoms. The van der Waals surface area contributed by atoms with Crippen LogP contribution in [0.3, 0.4) is 0 Å². The van der Waals surface area contributed by atoms with Gasteiger partial charge in [-0.15, -0.1) is 0 Å². The molecule has 1 amide bonds. The molecule has 0 aliphatic carbocycles. The van der Waals surface area contributed by atoms with E-state index in [0.717, 1.165) is 6.42 Å². The van der Waals surface area contributed by atoms with Crippen LogP contribution in [0.2, 0.25) is 0 Å². The number of para-hydroxylation sites is 1. The van der Waals surface area contributed by atoms with Crippen LogP contribution in [0.5, 0.6) is 0 Å². The Morgan fingerprint density at radius 1 is 1.24 bits per heavy atom. The van der Waals surface area contributed by atoms with Crippen LogP contribution in [-0.2, 0) is 6.54 Å². The van der Waals surface area contributed by atoms with Crippen LogP contribution in [0.1, 0.15) is 29.4 Å². The largest absolute Gasteiger partial charge is 0.397 e. The summed E-state index contributed by atoms with van der Waals surface area (Å²) >= 11 is 0. The van der Waals surface area contributed by atoms with Gasteiger partial charge < -0.3 is 10.6 Å². The number of halogens is 1. The Balaban J connectivity index is 1.97. The Hall–Kier alpha value is -3.02. The normalized spacial score (nSPS) is 13.5. The fraction of sp³-hybridized carbons (Fsp3) is 0.211. The predicted molar refractivity (Wildman–Crippen MR) is 94.4 cm³/mol. The van der Waals surface area contributed by atoms with Gasteiger partial charge in [-0.05, 0) is 18.6 Å². The van der Waals surface area contributed by atoms with Crippen LogP contribution in [0.15, 0.2) is 36.5 Å². The van der Waals surface area contributed by atoms with E-state index in [4.69, 9.17) is 5.73 Å². The van der Waals surface area contributed by atoms with Crippen LogP contribution < -0.4 is 5.73 Å². The number of fused-ring (bicyclic) bond motifs is 2. The van der Waals surface area contributed by atoms with Gasteiger partial charge in [-0.3, -0.25) is 4.79 Å². The van der Waals surface area contributed by atoms with E-state index in [1.165, 1.54) is 6.20 Å². The van der Waals surface area contributed by atoms with Gasteiger partial charge in [0.25, 0.3) is 5.91 Å². The molecule has 1 aliphatic heterocycles. The maximum Gasteiger partial charge on any atom is 0.258 e. The molecule has 0 saturated heterocycles. The van der Waals surface area contributed by atoms with Gasteiger partial charge >= 0.3 is 0 Å². The third kappa shape index (κ3) is 2.33. The summed E-state index contributed by atoms with van der Waals surface area (Å²) in [6, 6.07) is 8.74. The zero-order valence-electron chi connectivity index (χ0n) is 13.8. The topological polar surface area (TPSA) is 72.1 Å². The first kappa shape index (κ1) is 15.5. The first-order valence-electron chi connectivity index (χ1n) is 8.23. The highest BCUT2D eigenvalue weighted by atomic mass is 19.1. The van der Waals surface area contributed by atoms with Gasteiger partial charge in [0.2, 0.25) is 5.95 Å². The van der Waals surface area contributed by atoms with E-state index in [1.54, 1.807) is 29.2 Å². The smallest absolute Gasteiger partial charge is 0.258 e. The SMILES string of the molecule is CCCN1Cc2nc3c(-c4cccnc4F)cccc3c(N)c2C1=O. The highest BCUT2D eigenvalue weighted by molar-refractivity contribution is 6.11. The molecular formula is C19H17FN4O. The van der Waals surface area contributed by atoms with Gasteiger partial charge in [-0.2, -0.15) is 4.39 Å². The highest BCUT2D eigenvalue weighted by Gasteiger charge is 2.31. The molecule has 5 nitrogen and oxygen atoms in total. The fourth-order valence-corrected chi connectivity index (χ4v) is 3.38. The summed E-state index contributed by atoms with van der Waals surface area (Å²) in [5.74, 6) is -0.638. The lowest BCUT2D eigenvalue weighted by Crippen LogP contribution is -2.24. The van der Waals surface area contributed by atoms with Crippen molar-refractivity contribution in [2.75, 3.05) is 12.3 Å². The van der Waals surface area contributed by atoms with Crippen molar-refractivity contribution >= 4 is 22.5 Å². The van der Waals surface area contributed by atoms with Crippen molar-refractivity contribution in [1.29, 1.82) is 0 Å². The van der Waals surface area contributed by atoms with Crippen molar-refractivity contribution < 1.29 is 9.18 Å². The summed E-state index contributed by atoms with van der Waals surface area (Å²) in [5.41, 5.74) is 9.44. The van der Waals surface area contributed by atoms with E-state index < -0.39 is 5.95 Å². The lowest BCUT2D eigenvalue weighted by atomic mass is 10.00. The monoisotopic (exact) mass is 336 g/mol. The van der Waals surface area contributed by atoms with E-state index in [1.807, 2.05) is 13.0 Å². The molecule has 0 fully saturated rings. The number of carbonyl (C=O) groups excluding carboxylic acids is 1. The maximum absolute atomic E-state index is 14.2. The van der Waals surface area contributed by atoms with E-state index >= 15 is 0 Å². The number of hydrogen-bond acceptors (Lipinski definition) is 4. The number of anilines is 1. The van der Waals surface area contributed by atoms with Crippen molar-refractivity contribution in [1.82, 2.24) is 14.9 Å². The molecule has 3 heterocycles. The van der Waals surface area contributed by atoms with Crippen molar-refractivity contribution in [2.24, 2.45) is 0 Å². The number of aromatic nitrogens is 2. The standard InChI is InChI=1S/C19H17FN4O/c1-2-9-24-10-14-15(19(24)25)16(21)13-6-3-5-11(17(13)23-14)12-7-4-8-22-18(12)20/h3-8H,2,9-10H2,1H3,(H2,21,23). The number of nitrogens with two attached hydrogens (primary N) is 1. The molecule has 0 saturated carbocycles. The fourth-order valence-electron chi connectivity index (χ4n) is 3.38.